The summed E-state index contributed by atoms with van der Waals surface area (Å²) in [6, 6.07) is 25.6. The van der Waals surface area contributed by atoms with Gasteiger partial charge in [0, 0.05) is 34.4 Å². The molecule has 0 spiro atoms. The van der Waals surface area contributed by atoms with E-state index in [4.69, 9.17) is 21.8 Å². The van der Waals surface area contributed by atoms with Gasteiger partial charge in [-0.2, -0.15) is 14.9 Å². The SMILES string of the molecule is C.N#Cc1ccc(C(=O)Nc2cccc(CNc3cc(-c4ccccc4Cl)nc4c(Br)cnn34)c2)cc1. The minimum absolute atomic E-state index is 0. The predicted molar refractivity (Wildman–Crippen MR) is 151 cm³/mol. The largest absolute Gasteiger partial charge is 0.366 e. The van der Waals surface area contributed by atoms with Gasteiger partial charge in [-0.1, -0.05) is 49.4 Å². The van der Waals surface area contributed by atoms with Gasteiger partial charge in [-0.25, -0.2) is 4.98 Å². The molecule has 37 heavy (non-hydrogen) atoms. The molecule has 7 nitrogen and oxygen atoms in total. The fourth-order valence-corrected chi connectivity index (χ4v) is 4.30. The molecule has 0 atom stereocenters. The first-order valence-corrected chi connectivity index (χ1v) is 12.1. The van der Waals surface area contributed by atoms with E-state index in [2.05, 4.69) is 31.7 Å². The molecular formula is C28H22BrClN6O. The van der Waals surface area contributed by atoms with Gasteiger partial charge in [-0.15, -0.1) is 0 Å². The van der Waals surface area contributed by atoms with Crippen LogP contribution in [-0.2, 0) is 6.54 Å². The van der Waals surface area contributed by atoms with E-state index in [0.29, 0.717) is 34.0 Å². The van der Waals surface area contributed by atoms with Crippen molar-refractivity contribution in [3.63, 3.8) is 0 Å². The zero-order valence-electron chi connectivity index (χ0n) is 18.7. The number of nitrogens with zero attached hydrogens (tertiary/aromatic N) is 4. The zero-order valence-corrected chi connectivity index (χ0v) is 21.1. The van der Waals surface area contributed by atoms with Crippen molar-refractivity contribution in [1.82, 2.24) is 14.6 Å². The van der Waals surface area contributed by atoms with Crippen LogP contribution < -0.4 is 10.6 Å². The highest BCUT2D eigenvalue weighted by atomic mass is 79.9. The van der Waals surface area contributed by atoms with Crippen molar-refractivity contribution in [2.75, 3.05) is 10.6 Å². The number of rotatable bonds is 6. The molecule has 0 saturated carbocycles. The fraction of sp³-hybridized carbons (Fsp3) is 0.0714. The van der Waals surface area contributed by atoms with E-state index in [9.17, 15) is 4.79 Å². The van der Waals surface area contributed by atoms with Crippen molar-refractivity contribution in [3.8, 4) is 17.3 Å². The summed E-state index contributed by atoms with van der Waals surface area (Å²) in [5.74, 6) is 0.499. The summed E-state index contributed by atoms with van der Waals surface area (Å²) in [5, 5.41) is 20.3. The first-order valence-electron chi connectivity index (χ1n) is 11.0. The first-order chi connectivity index (χ1) is 17.5. The summed E-state index contributed by atoms with van der Waals surface area (Å²) in [4.78, 5) is 17.3. The van der Waals surface area contributed by atoms with Crippen molar-refractivity contribution in [3.05, 3.63) is 111 Å². The summed E-state index contributed by atoms with van der Waals surface area (Å²) in [6.45, 7) is 0.485. The molecule has 184 valence electrons. The molecule has 0 aliphatic rings. The zero-order chi connectivity index (χ0) is 25.1. The second kappa shape index (κ2) is 11.2. The summed E-state index contributed by atoms with van der Waals surface area (Å²) in [6.07, 6.45) is 1.70. The van der Waals surface area contributed by atoms with E-state index in [1.54, 1.807) is 35.0 Å². The molecule has 5 aromatic rings. The minimum Gasteiger partial charge on any atom is -0.366 e. The molecular weight excluding hydrogens is 552 g/mol. The van der Waals surface area contributed by atoms with Crippen molar-refractivity contribution in [2.45, 2.75) is 14.0 Å². The van der Waals surface area contributed by atoms with Crippen LogP contribution in [0.5, 0.6) is 0 Å². The van der Waals surface area contributed by atoms with Gasteiger partial charge in [0.1, 0.15) is 5.82 Å². The number of nitriles is 1. The standard InChI is InChI=1S/C27H18BrClN6O.CH4/c28-22-16-32-35-25(13-24(34-26(22)35)21-6-1-2-7-23(21)29)31-15-18-4-3-5-20(12-18)33-27(36)19-10-8-17(14-30)9-11-19;/h1-13,16,31H,15H2,(H,33,36);1H4. The quantitative estimate of drug-likeness (QED) is 0.224. The van der Waals surface area contributed by atoms with E-state index in [0.717, 1.165) is 27.1 Å². The maximum Gasteiger partial charge on any atom is 0.255 e. The Bertz CT molecular complexity index is 1620. The second-order valence-corrected chi connectivity index (χ2v) is 9.19. The van der Waals surface area contributed by atoms with Crippen LogP contribution in [0, 0.1) is 11.3 Å². The molecule has 0 radical (unpaired) electrons. The average molecular weight is 574 g/mol. The number of carbonyl (C=O) groups is 1. The van der Waals surface area contributed by atoms with Crippen molar-refractivity contribution >= 4 is 50.6 Å². The highest BCUT2D eigenvalue weighted by Crippen LogP contribution is 2.30. The Morgan fingerprint density at radius 2 is 1.84 bits per heavy atom. The fourth-order valence-electron chi connectivity index (χ4n) is 3.72. The van der Waals surface area contributed by atoms with Gasteiger partial charge in [0.2, 0.25) is 0 Å². The van der Waals surface area contributed by atoms with Crippen LogP contribution in [0.15, 0.2) is 89.5 Å². The number of nitrogens with one attached hydrogen (secondary N) is 2. The number of hydrogen-bond donors (Lipinski definition) is 2. The van der Waals surface area contributed by atoms with Crippen LogP contribution in [0.1, 0.15) is 28.9 Å². The highest BCUT2D eigenvalue weighted by Gasteiger charge is 2.13. The minimum atomic E-state index is -0.244. The third-order valence-corrected chi connectivity index (χ3v) is 6.40. The van der Waals surface area contributed by atoms with Gasteiger partial charge in [-0.05, 0) is 64.0 Å². The number of carbonyl (C=O) groups excluding carboxylic acids is 1. The molecule has 2 aromatic heterocycles. The molecule has 1 amide bonds. The summed E-state index contributed by atoms with van der Waals surface area (Å²) in [5.41, 5.74) is 4.83. The Labute approximate surface area is 227 Å². The normalized spacial score (nSPS) is 10.4. The molecule has 5 rings (SSSR count). The number of halogens is 2. The number of hydrogen-bond acceptors (Lipinski definition) is 5. The second-order valence-electron chi connectivity index (χ2n) is 7.93. The smallest absolute Gasteiger partial charge is 0.255 e. The van der Waals surface area contributed by atoms with Crippen molar-refractivity contribution in [1.29, 1.82) is 5.26 Å². The van der Waals surface area contributed by atoms with Gasteiger partial charge in [0.25, 0.3) is 5.91 Å². The number of amides is 1. The Kier molecular flexibility index (Phi) is 7.87. The maximum absolute atomic E-state index is 12.6. The van der Waals surface area contributed by atoms with Crippen LogP contribution in [0.25, 0.3) is 16.9 Å². The monoisotopic (exact) mass is 572 g/mol. The van der Waals surface area contributed by atoms with Crippen LogP contribution in [0.4, 0.5) is 11.5 Å². The third-order valence-electron chi connectivity index (χ3n) is 5.51. The molecule has 0 aliphatic heterocycles. The average Bonchev–Trinajstić information content (AvgIpc) is 3.28. The van der Waals surface area contributed by atoms with Gasteiger partial charge in [-0.3, -0.25) is 4.79 Å². The topological polar surface area (TPSA) is 95.1 Å². The lowest BCUT2D eigenvalue weighted by Gasteiger charge is -2.13. The van der Waals surface area contributed by atoms with Crippen molar-refractivity contribution in [2.24, 2.45) is 0 Å². The summed E-state index contributed by atoms with van der Waals surface area (Å²) < 4.78 is 2.49. The Morgan fingerprint density at radius 3 is 2.59 bits per heavy atom. The molecule has 3 aromatic carbocycles. The lowest BCUT2D eigenvalue weighted by Crippen LogP contribution is -2.12. The van der Waals surface area contributed by atoms with Gasteiger partial charge in [0.05, 0.1) is 28.0 Å². The lowest BCUT2D eigenvalue weighted by molar-refractivity contribution is 0.102. The molecule has 0 unspecified atom stereocenters. The maximum atomic E-state index is 12.6. The Balaban J connectivity index is 0.00000320. The lowest BCUT2D eigenvalue weighted by atomic mass is 10.1. The number of aromatic nitrogens is 3. The van der Waals surface area contributed by atoms with Crippen LogP contribution in [0.3, 0.4) is 0 Å². The number of anilines is 2. The predicted octanol–water partition coefficient (Wildman–Crippen LogP) is 7.18. The van der Waals surface area contributed by atoms with Gasteiger partial charge >= 0.3 is 0 Å². The van der Waals surface area contributed by atoms with E-state index < -0.39 is 0 Å². The van der Waals surface area contributed by atoms with Crippen LogP contribution in [0.2, 0.25) is 5.02 Å². The molecule has 0 fully saturated rings. The van der Waals surface area contributed by atoms with Gasteiger partial charge < -0.3 is 10.6 Å². The van der Waals surface area contributed by atoms with E-state index in [1.807, 2.05) is 60.7 Å². The molecule has 2 N–H and O–H groups in total. The van der Waals surface area contributed by atoms with Crippen LogP contribution >= 0.6 is 27.5 Å². The number of benzene rings is 3. The number of fused-ring (bicyclic) bond motifs is 1. The summed E-state index contributed by atoms with van der Waals surface area (Å²) in [7, 11) is 0. The van der Waals surface area contributed by atoms with Crippen LogP contribution in [-0.4, -0.2) is 20.5 Å². The molecule has 2 heterocycles. The highest BCUT2D eigenvalue weighted by molar-refractivity contribution is 9.10. The van der Waals surface area contributed by atoms with Gasteiger partial charge in [0.15, 0.2) is 5.65 Å². The molecule has 9 heteroatoms. The van der Waals surface area contributed by atoms with E-state index >= 15 is 0 Å². The first kappa shape index (κ1) is 25.9. The van der Waals surface area contributed by atoms with E-state index in [-0.39, 0.29) is 13.3 Å². The molecule has 0 aliphatic carbocycles. The summed E-state index contributed by atoms with van der Waals surface area (Å²) >= 11 is 9.94. The van der Waals surface area contributed by atoms with E-state index in [1.165, 1.54) is 0 Å². The molecule has 0 saturated heterocycles. The Morgan fingerprint density at radius 1 is 1.05 bits per heavy atom. The molecule has 0 bridgehead atoms. The third kappa shape index (κ3) is 5.64. The Hall–Kier alpha value is -4.19. The van der Waals surface area contributed by atoms with Crippen molar-refractivity contribution < 1.29 is 4.79 Å².